The van der Waals surface area contributed by atoms with Gasteiger partial charge in [-0.1, -0.05) is 39.8 Å². The van der Waals surface area contributed by atoms with Crippen molar-refractivity contribution in [3.05, 3.63) is 56.9 Å². The first-order chi connectivity index (χ1) is 21.7. The van der Waals surface area contributed by atoms with Crippen molar-refractivity contribution in [2.45, 2.75) is 103 Å². The number of amides is 1. The molecular weight excluding hydrogens is 617 g/mol. The molecule has 0 aromatic carbocycles. The summed E-state index contributed by atoms with van der Waals surface area (Å²) < 4.78 is 5.34. The Labute approximate surface area is 283 Å². The largest absolute Gasteiger partial charge is 0.444 e. The number of nitrogens with zero attached hydrogens (tertiary/aromatic N) is 5. The number of rotatable bonds is 12. The van der Waals surface area contributed by atoms with E-state index in [1.165, 1.54) is 22.7 Å². The van der Waals surface area contributed by atoms with Crippen LogP contribution in [0.4, 0.5) is 14.8 Å². The molecule has 1 fully saturated rings. The lowest BCUT2D eigenvalue weighted by Crippen LogP contribution is -2.40. The predicted molar refractivity (Wildman–Crippen MR) is 185 cm³/mol. The number of aliphatic hydroxyl groups is 1. The van der Waals surface area contributed by atoms with Gasteiger partial charge in [0.2, 0.25) is 10.0 Å². The molecule has 3 rings (SSSR count). The van der Waals surface area contributed by atoms with Gasteiger partial charge in [0.25, 0.3) is 0 Å². The summed E-state index contributed by atoms with van der Waals surface area (Å²) in [5, 5.41) is 32.7. The Bertz CT molecular complexity index is 1450. The summed E-state index contributed by atoms with van der Waals surface area (Å²) in [5.74, 6) is 0.334. The number of hydrogen-bond acceptors (Lipinski definition) is 8. The van der Waals surface area contributed by atoms with Gasteiger partial charge in [-0.15, -0.1) is 0 Å². The number of ether oxygens (including phenoxy) is 1. The molecule has 248 valence electrons. The van der Waals surface area contributed by atoms with Crippen molar-refractivity contribution in [3.63, 3.8) is 0 Å². The first-order valence-corrected chi connectivity index (χ1v) is 17.4. The van der Waals surface area contributed by atoms with Gasteiger partial charge in [0.05, 0.1) is 36.1 Å². The van der Waals surface area contributed by atoms with E-state index in [0.717, 1.165) is 48.7 Å². The fourth-order valence-electron chi connectivity index (χ4n) is 5.70. The molecule has 9 nitrogen and oxygen atoms in total. The third kappa shape index (κ3) is 10.3. The number of carbonyl (C=O) groups is 1. The molecule has 2 aromatic heterocycles. The maximum absolute atomic E-state index is 12.0. The van der Waals surface area contributed by atoms with Crippen molar-refractivity contribution in [2.75, 3.05) is 26.2 Å². The monoisotopic (exact) mass is 664 g/mol. The van der Waals surface area contributed by atoms with Crippen molar-refractivity contribution in [3.8, 4) is 12.1 Å². The normalized spacial score (nSPS) is 17.4. The van der Waals surface area contributed by atoms with Crippen LogP contribution in [0.3, 0.4) is 0 Å². The molecule has 2 unspecified atom stereocenters. The minimum absolute atomic E-state index is 0.0944. The summed E-state index contributed by atoms with van der Waals surface area (Å²) in [6.45, 7) is 30.7. The van der Waals surface area contributed by atoms with Gasteiger partial charge in [0.15, 0.2) is 0 Å². The number of nitriles is 2. The maximum Gasteiger partial charge on any atom is 0.407 e. The van der Waals surface area contributed by atoms with Gasteiger partial charge in [-0.25, -0.2) is 14.5 Å². The van der Waals surface area contributed by atoms with Crippen LogP contribution in [0.15, 0.2) is 24.3 Å². The van der Waals surface area contributed by atoms with Crippen LogP contribution < -0.4 is 5.32 Å². The van der Waals surface area contributed by atoms with E-state index in [1.807, 2.05) is 52.8 Å². The molecule has 1 aliphatic heterocycles. The van der Waals surface area contributed by atoms with Crippen LogP contribution in [0.2, 0.25) is 0 Å². The highest BCUT2D eigenvalue weighted by Crippen LogP contribution is 2.43. The molecule has 2 aromatic rings. The molecular formula is C35H48N6O3S2. The Hall–Kier alpha value is -3.45. The standard InChI is InChI=1S/C22H32N4O2S.C13H16N2OS/c1-16(2)22(15-23,18-8-9-19(24-6)29-18)11-7-12-26-13-10-17(14-26)25-20(27)28-21(3,4)5;1-10(2)13(9-14,7-4-8-16)11-5-6-12(15-3)17-11/h8-9,16-17H,7,10-14H2,1-5H3,(H,25,27);5-6,10,16H,4,7-8H2,1-2H3/t17-,22?;/m1./s1. The quantitative estimate of drug-likeness (QED) is 0.220. The number of hydrogen-bond donors (Lipinski definition) is 2. The summed E-state index contributed by atoms with van der Waals surface area (Å²) in [6, 6.07) is 12.5. The van der Waals surface area contributed by atoms with Crippen LogP contribution in [0.5, 0.6) is 0 Å². The van der Waals surface area contributed by atoms with Crippen LogP contribution in [-0.4, -0.2) is 54.0 Å². The number of aliphatic hydroxyl groups excluding tert-OH is 1. The molecule has 0 spiro atoms. The first-order valence-electron chi connectivity index (χ1n) is 15.8. The zero-order valence-corrected chi connectivity index (χ0v) is 29.9. The Morgan fingerprint density at radius 1 is 1.00 bits per heavy atom. The van der Waals surface area contributed by atoms with Crippen molar-refractivity contribution >= 4 is 38.8 Å². The van der Waals surface area contributed by atoms with E-state index >= 15 is 0 Å². The third-order valence-electron chi connectivity index (χ3n) is 8.42. The van der Waals surface area contributed by atoms with E-state index in [4.69, 9.17) is 23.0 Å². The average molecular weight is 665 g/mol. The van der Waals surface area contributed by atoms with Gasteiger partial charge in [-0.3, -0.25) is 0 Å². The Balaban J connectivity index is 0.000000368. The molecule has 46 heavy (non-hydrogen) atoms. The maximum atomic E-state index is 12.0. The van der Waals surface area contributed by atoms with Crippen molar-refractivity contribution in [2.24, 2.45) is 11.8 Å². The number of likely N-dealkylation sites (tertiary alicyclic amines) is 1. The minimum atomic E-state index is -0.573. The number of thiophene rings is 2. The van der Waals surface area contributed by atoms with Gasteiger partial charge in [0, 0.05) is 35.5 Å². The van der Waals surface area contributed by atoms with Crippen molar-refractivity contribution < 1.29 is 14.6 Å². The second-order valence-corrected chi connectivity index (χ2v) is 15.5. The highest BCUT2D eigenvalue weighted by Gasteiger charge is 2.38. The lowest BCUT2D eigenvalue weighted by Gasteiger charge is -2.31. The molecule has 0 radical (unpaired) electrons. The zero-order chi connectivity index (χ0) is 34.5. The molecule has 3 atom stereocenters. The van der Waals surface area contributed by atoms with E-state index in [9.17, 15) is 15.3 Å². The van der Waals surface area contributed by atoms with Crippen LogP contribution in [0, 0.1) is 47.6 Å². The summed E-state index contributed by atoms with van der Waals surface area (Å²) in [6.07, 6.45) is 3.45. The summed E-state index contributed by atoms with van der Waals surface area (Å²) in [4.78, 5) is 23.1. The lowest BCUT2D eigenvalue weighted by atomic mass is 9.73. The average Bonchev–Trinajstić information content (AvgIpc) is 3.77. The fraction of sp³-hybridized carbons (Fsp3) is 0.629. The number of carbonyl (C=O) groups excluding carboxylic acids is 1. The van der Waals surface area contributed by atoms with Gasteiger partial charge in [-0.2, -0.15) is 33.2 Å². The van der Waals surface area contributed by atoms with Gasteiger partial charge in [-0.05, 0) is 83.4 Å². The molecule has 0 aliphatic carbocycles. The molecule has 1 saturated heterocycles. The zero-order valence-electron chi connectivity index (χ0n) is 28.2. The molecule has 11 heteroatoms. The second-order valence-electron chi connectivity index (χ2n) is 13.3. The van der Waals surface area contributed by atoms with E-state index in [1.54, 1.807) is 6.07 Å². The number of nitrogens with one attached hydrogen (secondary N) is 1. The van der Waals surface area contributed by atoms with E-state index in [2.05, 4.69) is 45.9 Å². The molecule has 3 heterocycles. The van der Waals surface area contributed by atoms with Gasteiger partial charge < -0.3 is 20.1 Å². The highest BCUT2D eigenvalue weighted by molar-refractivity contribution is 7.16. The highest BCUT2D eigenvalue weighted by atomic mass is 32.1. The second kappa shape index (κ2) is 17.5. The smallest absolute Gasteiger partial charge is 0.407 e. The van der Waals surface area contributed by atoms with E-state index in [0.29, 0.717) is 22.8 Å². The molecule has 0 saturated carbocycles. The number of alkyl carbamates (subject to hydrolysis) is 1. The topological polar surface area (TPSA) is 118 Å². The van der Waals surface area contributed by atoms with Crippen LogP contribution >= 0.6 is 22.7 Å². The van der Waals surface area contributed by atoms with Crippen molar-refractivity contribution in [1.29, 1.82) is 10.5 Å². The van der Waals surface area contributed by atoms with Crippen molar-refractivity contribution in [1.82, 2.24) is 10.2 Å². The van der Waals surface area contributed by atoms with Crippen LogP contribution in [0.25, 0.3) is 9.69 Å². The third-order valence-corrected chi connectivity index (χ3v) is 10.7. The van der Waals surface area contributed by atoms with Crippen LogP contribution in [0.1, 0.15) is 90.3 Å². The van der Waals surface area contributed by atoms with Gasteiger partial charge in [0.1, 0.15) is 5.60 Å². The predicted octanol–water partition coefficient (Wildman–Crippen LogP) is 8.58. The van der Waals surface area contributed by atoms with Crippen LogP contribution in [-0.2, 0) is 15.6 Å². The Morgan fingerprint density at radius 2 is 1.50 bits per heavy atom. The Morgan fingerprint density at radius 3 is 1.89 bits per heavy atom. The van der Waals surface area contributed by atoms with Gasteiger partial charge >= 0.3 is 6.09 Å². The van der Waals surface area contributed by atoms with E-state index in [-0.39, 0.29) is 30.6 Å². The molecule has 2 N–H and O–H groups in total. The minimum Gasteiger partial charge on any atom is -0.444 e. The molecule has 0 bridgehead atoms. The summed E-state index contributed by atoms with van der Waals surface area (Å²) in [7, 11) is 0. The molecule has 1 aliphatic rings. The fourth-order valence-corrected chi connectivity index (χ4v) is 7.91. The summed E-state index contributed by atoms with van der Waals surface area (Å²) in [5.41, 5.74) is -1.62. The SMILES string of the molecule is [C-]#[N+]c1ccc(C(C#N)(CCCN2CC[C@@H](NC(=O)OC(C)(C)C)C2)C(C)C)s1.[C-]#[N+]c1ccc(C(C#N)(CCCO)C(C)C)s1. The Kier molecular flexibility index (Phi) is 14.7. The molecule has 1 amide bonds. The first kappa shape index (κ1) is 38.7. The summed E-state index contributed by atoms with van der Waals surface area (Å²) >= 11 is 2.82. The van der Waals surface area contributed by atoms with E-state index < -0.39 is 16.4 Å². The lowest BCUT2D eigenvalue weighted by molar-refractivity contribution is 0.0505.